The molecule has 2 heterocycles. The third-order valence-corrected chi connectivity index (χ3v) is 2.05. The van der Waals surface area contributed by atoms with Crippen molar-refractivity contribution in [2.75, 3.05) is 23.7 Å². The molecular weight excluding hydrogens is 150 g/mol. The number of anilines is 2. The number of nitrogens with zero attached hydrogens (tertiary/aromatic N) is 1. The smallest absolute Gasteiger partial charge is 0.149 e. The van der Waals surface area contributed by atoms with Crippen molar-refractivity contribution in [1.82, 2.24) is 4.98 Å². The number of fused-ring (bicyclic) bond motifs is 1. The third kappa shape index (κ3) is 1.22. The molecule has 2 N–H and O–H groups in total. The van der Waals surface area contributed by atoms with E-state index in [9.17, 15) is 0 Å². The van der Waals surface area contributed by atoms with E-state index in [-0.39, 0.29) is 0 Å². The molecule has 1 aromatic heterocycles. The first-order chi connectivity index (χ1) is 5.90. The van der Waals surface area contributed by atoms with Crippen molar-refractivity contribution in [2.45, 2.75) is 13.3 Å². The first-order valence-corrected chi connectivity index (χ1v) is 4.38. The van der Waals surface area contributed by atoms with Gasteiger partial charge in [-0.2, -0.15) is 0 Å². The van der Waals surface area contributed by atoms with Gasteiger partial charge in [-0.25, -0.2) is 4.98 Å². The number of rotatable bonds is 1. The van der Waals surface area contributed by atoms with Gasteiger partial charge >= 0.3 is 0 Å². The highest BCUT2D eigenvalue weighted by atomic mass is 15.1. The van der Waals surface area contributed by atoms with Crippen LogP contribution in [0, 0.1) is 0 Å². The van der Waals surface area contributed by atoms with Gasteiger partial charge in [-0.05, 0) is 18.6 Å². The zero-order valence-electron chi connectivity index (χ0n) is 7.22. The number of hydrogen-bond acceptors (Lipinski definition) is 3. The largest absolute Gasteiger partial charge is 0.380 e. The first kappa shape index (κ1) is 7.40. The van der Waals surface area contributed by atoms with Crippen molar-refractivity contribution in [3.05, 3.63) is 17.8 Å². The second kappa shape index (κ2) is 3.01. The van der Waals surface area contributed by atoms with Crippen molar-refractivity contribution >= 4 is 11.5 Å². The minimum atomic E-state index is 0.965. The molecule has 1 aromatic rings. The molecule has 0 spiro atoms. The van der Waals surface area contributed by atoms with Gasteiger partial charge in [-0.15, -0.1) is 0 Å². The van der Waals surface area contributed by atoms with E-state index in [1.807, 2.05) is 0 Å². The fraction of sp³-hybridized carbons (Fsp3) is 0.444. The van der Waals surface area contributed by atoms with E-state index >= 15 is 0 Å². The highest BCUT2D eigenvalue weighted by molar-refractivity contribution is 5.66. The normalized spacial score (nSPS) is 14.4. The lowest BCUT2D eigenvalue weighted by molar-refractivity contribution is 0.978. The summed E-state index contributed by atoms with van der Waals surface area (Å²) in [5.74, 6) is 1.00. The van der Waals surface area contributed by atoms with Gasteiger partial charge in [-0.3, -0.25) is 0 Å². The van der Waals surface area contributed by atoms with Crippen LogP contribution in [-0.4, -0.2) is 18.1 Å². The predicted octanol–water partition coefficient (Wildman–Crippen LogP) is 1.48. The predicted molar refractivity (Wildman–Crippen MR) is 50.6 cm³/mol. The summed E-state index contributed by atoms with van der Waals surface area (Å²) in [4.78, 5) is 4.46. The zero-order chi connectivity index (χ0) is 8.39. The third-order valence-electron chi connectivity index (χ3n) is 2.05. The van der Waals surface area contributed by atoms with E-state index < -0.39 is 0 Å². The fourth-order valence-electron chi connectivity index (χ4n) is 1.35. The molecular formula is C9H13N3. The molecule has 64 valence electrons. The summed E-state index contributed by atoms with van der Waals surface area (Å²) in [7, 11) is 0. The molecule has 12 heavy (non-hydrogen) atoms. The number of hydrogen-bond donors (Lipinski definition) is 2. The molecule has 0 bridgehead atoms. The van der Waals surface area contributed by atoms with Gasteiger partial charge in [0.1, 0.15) is 5.82 Å². The van der Waals surface area contributed by atoms with Gasteiger partial charge in [-0.1, -0.05) is 6.92 Å². The molecule has 0 unspecified atom stereocenters. The first-order valence-electron chi connectivity index (χ1n) is 4.38. The van der Waals surface area contributed by atoms with Gasteiger partial charge in [0.2, 0.25) is 0 Å². The van der Waals surface area contributed by atoms with Crippen LogP contribution in [0.1, 0.15) is 12.6 Å². The number of nitrogens with one attached hydrogen (secondary N) is 2. The van der Waals surface area contributed by atoms with Crippen LogP contribution in [0.25, 0.3) is 0 Å². The molecule has 0 fully saturated rings. The van der Waals surface area contributed by atoms with Gasteiger partial charge in [0.25, 0.3) is 0 Å². The van der Waals surface area contributed by atoms with Crippen LogP contribution in [0.15, 0.2) is 12.1 Å². The summed E-state index contributed by atoms with van der Waals surface area (Å²) in [6.07, 6.45) is 0.995. The maximum Gasteiger partial charge on any atom is 0.149 e. The van der Waals surface area contributed by atoms with Crippen molar-refractivity contribution in [2.24, 2.45) is 0 Å². The van der Waals surface area contributed by atoms with Crippen LogP contribution in [0.2, 0.25) is 0 Å². The zero-order valence-corrected chi connectivity index (χ0v) is 7.22. The fourth-order valence-corrected chi connectivity index (χ4v) is 1.35. The van der Waals surface area contributed by atoms with Crippen LogP contribution in [-0.2, 0) is 6.42 Å². The second-order valence-electron chi connectivity index (χ2n) is 2.91. The summed E-state index contributed by atoms with van der Waals surface area (Å²) in [6.45, 7) is 4.07. The molecule has 0 radical (unpaired) electrons. The van der Waals surface area contributed by atoms with Crippen molar-refractivity contribution < 1.29 is 0 Å². The van der Waals surface area contributed by atoms with Gasteiger partial charge in [0.15, 0.2) is 0 Å². The lowest BCUT2D eigenvalue weighted by atomic mass is 10.2. The van der Waals surface area contributed by atoms with Crippen LogP contribution in [0.4, 0.5) is 11.5 Å². The van der Waals surface area contributed by atoms with Crippen LogP contribution >= 0.6 is 0 Å². The van der Waals surface area contributed by atoms with E-state index in [1.165, 1.54) is 0 Å². The highest BCUT2D eigenvalue weighted by Crippen LogP contribution is 2.21. The Balaban J connectivity index is 2.36. The molecule has 0 saturated heterocycles. The van der Waals surface area contributed by atoms with Gasteiger partial charge in [0, 0.05) is 18.8 Å². The Kier molecular flexibility index (Phi) is 1.86. The van der Waals surface area contributed by atoms with E-state index in [4.69, 9.17) is 0 Å². The van der Waals surface area contributed by atoms with Gasteiger partial charge in [0.05, 0.1) is 5.69 Å². The lowest BCUT2D eigenvalue weighted by Gasteiger charge is -2.18. The summed E-state index contributed by atoms with van der Waals surface area (Å²) in [5, 5.41) is 6.55. The standard InChI is InChI=1S/C9H13N3/c1-2-7-3-4-8-9(12-7)11-6-5-10-8/h3-4,10H,2,5-6H2,1H3,(H,11,12). The Morgan fingerprint density at radius 2 is 2.17 bits per heavy atom. The van der Waals surface area contributed by atoms with Crippen LogP contribution < -0.4 is 10.6 Å². The van der Waals surface area contributed by atoms with Crippen LogP contribution in [0.5, 0.6) is 0 Å². The molecule has 0 aromatic carbocycles. The average molecular weight is 163 g/mol. The van der Waals surface area contributed by atoms with Gasteiger partial charge < -0.3 is 10.6 Å². The minimum absolute atomic E-state index is 0.965. The summed E-state index contributed by atoms with van der Waals surface area (Å²) >= 11 is 0. The topological polar surface area (TPSA) is 37.0 Å². The maximum absolute atomic E-state index is 4.46. The summed E-state index contributed by atoms with van der Waals surface area (Å²) in [5.41, 5.74) is 2.27. The Morgan fingerprint density at radius 1 is 1.33 bits per heavy atom. The number of pyridine rings is 1. The van der Waals surface area contributed by atoms with Crippen molar-refractivity contribution in [3.8, 4) is 0 Å². The highest BCUT2D eigenvalue weighted by Gasteiger charge is 2.07. The molecule has 3 nitrogen and oxygen atoms in total. The summed E-state index contributed by atoms with van der Waals surface area (Å²) < 4.78 is 0. The monoisotopic (exact) mass is 163 g/mol. The van der Waals surface area contributed by atoms with Crippen LogP contribution in [0.3, 0.4) is 0 Å². The molecule has 0 saturated carbocycles. The van der Waals surface area contributed by atoms with E-state index in [0.717, 1.165) is 36.7 Å². The molecule has 0 amide bonds. The Hall–Kier alpha value is -1.25. The van der Waals surface area contributed by atoms with Crippen molar-refractivity contribution in [3.63, 3.8) is 0 Å². The Labute approximate surface area is 72.2 Å². The molecule has 0 aliphatic carbocycles. The lowest BCUT2D eigenvalue weighted by Crippen LogP contribution is -2.21. The van der Waals surface area contributed by atoms with Crippen molar-refractivity contribution in [1.29, 1.82) is 0 Å². The molecule has 1 aliphatic rings. The average Bonchev–Trinajstić information content (AvgIpc) is 2.17. The van der Waals surface area contributed by atoms with E-state index in [1.54, 1.807) is 0 Å². The SMILES string of the molecule is CCc1ccc2c(n1)NCCN2. The Bertz CT molecular complexity index is 283. The number of aromatic nitrogens is 1. The molecule has 3 heteroatoms. The molecule has 0 atom stereocenters. The minimum Gasteiger partial charge on any atom is -0.380 e. The van der Waals surface area contributed by atoms with E-state index in [2.05, 4.69) is 34.7 Å². The van der Waals surface area contributed by atoms with E-state index in [0.29, 0.717) is 0 Å². The second-order valence-corrected chi connectivity index (χ2v) is 2.91. The quantitative estimate of drug-likeness (QED) is 0.658. The number of aryl methyl sites for hydroxylation is 1. The molecule has 2 rings (SSSR count). The molecule has 1 aliphatic heterocycles. The summed E-state index contributed by atoms with van der Waals surface area (Å²) in [6, 6.07) is 4.16. The maximum atomic E-state index is 4.46. The Morgan fingerprint density at radius 3 is 3.00 bits per heavy atom.